The molecule has 5 rings (SSSR count). The van der Waals surface area contributed by atoms with Crippen molar-refractivity contribution in [2.75, 3.05) is 12.3 Å². The third-order valence-corrected chi connectivity index (χ3v) is 4.69. The van der Waals surface area contributed by atoms with E-state index in [-0.39, 0.29) is 34.2 Å². The van der Waals surface area contributed by atoms with Crippen LogP contribution in [0.5, 0.6) is 5.75 Å². The standard InChI is InChI=1S/C16H20FN3O2/c1-9(2)22-13-10(18)4-20-5-11(19-14(20)12(13)17)16-6-15(3,7-16)21-8-16/h4-5,9H,6-8,18H2,1-3H3. The maximum absolute atomic E-state index is 14.7. The zero-order chi connectivity index (χ0) is 15.7. The number of fused-ring (bicyclic) bond motifs is 2. The smallest absolute Gasteiger partial charge is 0.210 e. The monoisotopic (exact) mass is 305 g/mol. The van der Waals surface area contributed by atoms with E-state index in [0.717, 1.165) is 18.5 Å². The minimum Gasteiger partial charge on any atom is -0.486 e. The van der Waals surface area contributed by atoms with E-state index in [1.807, 2.05) is 20.0 Å². The van der Waals surface area contributed by atoms with E-state index < -0.39 is 5.82 Å². The second-order valence-electron chi connectivity index (χ2n) is 7.12. The van der Waals surface area contributed by atoms with Gasteiger partial charge in [-0.25, -0.2) is 4.98 Å². The van der Waals surface area contributed by atoms with Gasteiger partial charge in [0.15, 0.2) is 11.4 Å². The molecular formula is C16H20FN3O2. The molecule has 118 valence electrons. The van der Waals surface area contributed by atoms with Crippen molar-refractivity contribution in [3.05, 3.63) is 23.9 Å². The highest BCUT2D eigenvalue weighted by atomic mass is 19.1. The van der Waals surface area contributed by atoms with Crippen molar-refractivity contribution in [1.82, 2.24) is 9.38 Å². The van der Waals surface area contributed by atoms with E-state index in [4.69, 9.17) is 15.2 Å². The summed E-state index contributed by atoms with van der Waals surface area (Å²) in [6.45, 7) is 6.44. The lowest BCUT2D eigenvalue weighted by Gasteiger charge is -2.41. The van der Waals surface area contributed by atoms with Crippen molar-refractivity contribution < 1.29 is 13.9 Å². The molecule has 6 heteroatoms. The molecule has 2 aromatic heterocycles. The number of nitrogens with zero attached hydrogens (tertiary/aromatic N) is 2. The summed E-state index contributed by atoms with van der Waals surface area (Å²) in [6, 6.07) is 0. The molecule has 3 aliphatic rings. The van der Waals surface area contributed by atoms with Gasteiger partial charge in [-0.2, -0.15) is 4.39 Å². The fourth-order valence-corrected chi connectivity index (χ4v) is 3.85. The number of imidazole rings is 1. The van der Waals surface area contributed by atoms with Crippen molar-refractivity contribution in [1.29, 1.82) is 0 Å². The minimum atomic E-state index is -0.502. The van der Waals surface area contributed by atoms with Crippen LogP contribution in [-0.2, 0) is 10.2 Å². The van der Waals surface area contributed by atoms with Crippen LogP contribution in [0.3, 0.4) is 0 Å². The normalized spacial score (nSPS) is 30.0. The van der Waals surface area contributed by atoms with Crippen LogP contribution in [0.4, 0.5) is 10.1 Å². The van der Waals surface area contributed by atoms with Crippen LogP contribution in [0.1, 0.15) is 39.3 Å². The minimum absolute atomic E-state index is 0.0285. The van der Waals surface area contributed by atoms with Crippen LogP contribution in [0.2, 0.25) is 0 Å². The summed E-state index contributed by atoms with van der Waals surface area (Å²) in [4.78, 5) is 4.52. The molecule has 2 bridgehead atoms. The number of aromatic nitrogens is 2. The van der Waals surface area contributed by atoms with Gasteiger partial charge in [0.2, 0.25) is 5.82 Å². The molecule has 0 aromatic carbocycles. The molecule has 1 aliphatic carbocycles. The highest BCUT2D eigenvalue weighted by molar-refractivity contribution is 5.61. The molecule has 0 unspecified atom stereocenters. The lowest BCUT2D eigenvalue weighted by molar-refractivity contribution is 0.0154. The molecule has 2 N–H and O–H groups in total. The highest BCUT2D eigenvalue weighted by Gasteiger charge is 2.61. The first-order valence-electron chi connectivity index (χ1n) is 7.60. The van der Waals surface area contributed by atoms with Gasteiger partial charge in [0, 0.05) is 17.8 Å². The Hall–Kier alpha value is -1.82. The van der Waals surface area contributed by atoms with E-state index in [1.165, 1.54) is 0 Å². The molecule has 2 aromatic rings. The molecule has 4 heterocycles. The second-order valence-corrected chi connectivity index (χ2v) is 7.12. The molecule has 2 aliphatic heterocycles. The Morgan fingerprint density at radius 2 is 2.14 bits per heavy atom. The van der Waals surface area contributed by atoms with Crippen LogP contribution >= 0.6 is 0 Å². The maximum Gasteiger partial charge on any atom is 0.210 e. The zero-order valence-electron chi connectivity index (χ0n) is 13.0. The summed E-state index contributed by atoms with van der Waals surface area (Å²) >= 11 is 0. The van der Waals surface area contributed by atoms with E-state index in [1.54, 1.807) is 10.6 Å². The topological polar surface area (TPSA) is 61.8 Å². The van der Waals surface area contributed by atoms with E-state index in [2.05, 4.69) is 11.9 Å². The molecule has 3 fully saturated rings. The summed E-state index contributed by atoms with van der Waals surface area (Å²) in [5.74, 6) is -0.421. The molecule has 22 heavy (non-hydrogen) atoms. The van der Waals surface area contributed by atoms with Crippen molar-refractivity contribution >= 4 is 11.3 Å². The fraction of sp³-hybridized carbons (Fsp3) is 0.562. The Morgan fingerprint density at radius 3 is 2.73 bits per heavy atom. The SMILES string of the molecule is CC(C)Oc1c(N)cn2cc(C34COC(C)(C3)C4)nc2c1F. The Balaban J connectivity index is 1.80. The molecular weight excluding hydrogens is 285 g/mol. The predicted octanol–water partition coefficient (Wildman–Crippen LogP) is 2.66. The van der Waals surface area contributed by atoms with E-state index in [9.17, 15) is 4.39 Å². The van der Waals surface area contributed by atoms with Crippen LogP contribution in [0.15, 0.2) is 12.4 Å². The lowest BCUT2D eigenvalue weighted by Crippen LogP contribution is -2.45. The van der Waals surface area contributed by atoms with Crippen LogP contribution < -0.4 is 10.5 Å². The quantitative estimate of drug-likeness (QED) is 0.947. The molecule has 0 atom stereocenters. The Morgan fingerprint density at radius 1 is 1.41 bits per heavy atom. The molecule has 5 nitrogen and oxygen atoms in total. The first-order chi connectivity index (χ1) is 10.3. The Labute approximate surface area is 128 Å². The van der Waals surface area contributed by atoms with Gasteiger partial charge in [0.1, 0.15) is 0 Å². The summed E-state index contributed by atoms with van der Waals surface area (Å²) in [5, 5.41) is 0. The number of hydrogen-bond acceptors (Lipinski definition) is 4. The largest absolute Gasteiger partial charge is 0.486 e. The van der Waals surface area contributed by atoms with Crippen molar-refractivity contribution in [2.24, 2.45) is 0 Å². The highest BCUT2D eigenvalue weighted by Crippen LogP contribution is 2.58. The Bertz CT molecular complexity index is 762. The average molecular weight is 305 g/mol. The molecule has 0 amide bonds. The maximum atomic E-state index is 14.7. The van der Waals surface area contributed by atoms with Crippen molar-refractivity contribution in [3.63, 3.8) is 0 Å². The van der Waals surface area contributed by atoms with Crippen LogP contribution in [-0.4, -0.2) is 27.7 Å². The number of nitrogen functional groups attached to an aromatic ring is 1. The number of rotatable bonds is 3. The molecule has 0 spiro atoms. The number of hydrogen-bond donors (Lipinski definition) is 1. The predicted molar refractivity (Wildman–Crippen MR) is 80.6 cm³/mol. The van der Waals surface area contributed by atoms with Gasteiger partial charge in [0.25, 0.3) is 0 Å². The summed E-state index contributed by atoms with van der Waals surface area (Å²) < 4.78 is 27.6. The van der Waals surface area contributed by atoms with E-state index in [0.29, 0.717) is 6.61 Å². The lowest BCUT2D eigenvalue weighted by atomic mass is 9.62. The number of nitrogens with two attached hydrogens (primary N) is 1. The number of anilines is 1. The van der Waals surface area contributed by atoms with Crippen molar-refractivity contribution in [3.8, 4) is 5.75 Å². The zero-order valence-corrected chi connectivity index (χ0v) is 13.0. The average Bonchev–Trinajstić information content (AvgIpc) is 3.04. The van der Waals surface area contributed by atoms with Gasteiger partial charge in [0.05, 0.1) is 29.7 Å². The van der Waals surface area contributed by atoms with Gasteiger partial charge in [-0.05, 0) is 33.6 Å². The summed E-state index contributed by atoms with van der Waals surface area (Å²) in [7, 11) is 0. The third-order valence-electron chi connectivity index (χ3n) is 4.69. The van der Waals surface area contributed by atoms with Gasteiger partial charge >= 0.3 is 0 Å². The van der Waals surface area contributed by atoms with Crippen molar-refractivity contribution in [2.45, 2.75) is 50.7 Å². The second kappa shape index (κ2) is 4.13. The third kappa shape index (κ3) is 1.76. The van der Waals surface area contributed by atoms with Gasteiger partial charge in [-0.3, -0.25) is 0 Å². The molecule has 1 saturated carbocycles. The van der Waals surface area contributed by atoms with E-state index >= 15 is 0 Å². The number of ether oxygens (including phenoxy) is 2. The molecule has 0 radical (unpaired) electrons. The Kier molecular flexibility index (Phi) is 2.59. The van der Waals surface area contributed by atoms with Gasteiger partial charge in [-0.15, -0.1) is 0 Å². The van der Waals surface area contributed by atoms with Gasteiger partial charge < -0.3 is 19.6 Å². The van der Waals surface area contributed by atoms with Crippen LogP contribution in [0, 0.1) is 5.82 Å². The van der Waals surface area contributed by atoms with Gasteiger partial charge in [-0.1, -0.05) is 0 Å². The number of pyridine rings is 1. The molecule has 2 saturated heterocycles. The number of halogens is 1. The first-order valence-corrected chi connectivity index (χ1v) is 7.60. The fourth-order valence-electron chi connectivity index (χ4n) is 3.85. The summed E-state index contributed by atoms with van der Waals surface area (Å²) in [5.41, 5.74) is 7.24. The van der Waals surface area contributed by atoms with Crippen LogP contribution in [0.25, 0.3) is 5.65 Å². The summed E-state index contributed by atoms with van der Waals surface area (Å²) in [6.07, 6.45) is 5.26. The first kappa shape index (κ1) is 13.8.